The van der Waals surface area contributed by atoms with E-state index in [9.17, 15) is 9.13 Å². The van der Waals surface area contributed by atoms with Crippen LogP contribution in [0.15, 0.2) is 0 Å². The summed E-state index contributed by atoms with van der Waals surface area (Å²) in [6, 6.07) is 0. The maximum atomic E-state index is 12.8. The Morgan fingerprint density at radius 1 is 0.536 bits per heavy atom. The molecule has 0 bridgehead atoms. The van der Waals surface area contributed by atoms with Gasteiger partial charge < -0.3 is 0 Å². The number of hydrogen-bond donors (Lipinski definition) is 2. The minimum atomic E-state index is -3.37. The summed E-state index contributed by atoms with van der Waals surface area (Å²) in [6.07, 6.45) is 7.04. The lowest BCUT2D eigenvalue weighted by molar-refractivity contribution is 0.187. The van der Waals surface area contributed by atoms with Crippen molar-refractivity contribution in [3.63, 3.8) is 0 Å². The van der Waals surface area contributed by atoms with Crippen LogP contribution in [0.1, 0.15) is 79.1 Å². The zero-order chi connectivity index (χ0) is 21.1. The fourth-order valence-electron chi connectivity index (χ4n) is 1.96. The standard InChI is InChI=1S/C18H42N2O6P2/c1-5-9-15-23-27(21,24-16-10-6-2)19-13-14-20-28(22,25-17-11-7-3)26-18-12-8-4/h5-18H2,1-4H3,(H,19,21)(H,20,22). The maximum absolute atomic E-state index is 12.8. The van der Waals surface area contributed by atoms with E-state index in [1.165, 1.54) is 0 Å². The Balaban J connectivity index is 4.52. The molecule has 0 radical (unpaired) electrons. The van der Waals surface area contributed by atoms with Crippen LogP contribution in [0.25, 0.3) is 0 Å². The second kappa shape index (κ2) is 18.0. The predicted molar refractivity (Wildman–Crippen MR) is 115 cm³/mol. The molecular formula is C18H42N2O6P2. The third-order valence-corrected chi connectivity index (χ3v) is 7.08. The highest BCUT2D eigenvalue weighted by Gasteiger charge is 2.26. The average molecular weight is 444 g/mol. The number of nitrogens with one attached hydrogen (secondary N) is 2. The van der Waals surface area contributed by atoms with Crippen LogP contribution in [-0.4, -0.2) is 39.5 Å². The van der Waals surface area contributed by atoms with Gasteiger partial charge in [0.1, 0.15) is 0 Å². The molecule has 0 aliphatic carbocycles. The molecule has 0 heterocycles. The lowest BCUT2D eigenvalue weighted by Crippen LogP contribution is -2.27. The van der Waals surface area contributed by atoms with Crippen molar-refractivity contribution >= 4 is 15.5 Å². The first kappa shape index (κ1) is 28.2. The second-order valence-electron chi connectivity index (χ2n) is 6.56. The predicted octanol–water partition coefficient (Wildman–Crippen LogP) is 5.65. The average Bonchev–Trinajstić information content (AvgIpc) is 2.66. The van der Waals surface area contributed by atoms with Crippen LogP contribution < -0.4 is 10.2 Å². The van der Waals surface area contributed by atoms with Crippen LogP contribution in [0.2, 0.25) is 0 Å². The Kier molecular flexibility index (Phi) is 18.2. The Morgan fingerprint density at radius 2 is 0.786 bits per heavy atom. The molecule has 10 heteroatoms. The normalized spacial score (nSPS) is 12.6. The summed E-state index contributed by atoms with van der Waals surface area (Å²) in [6.45, 7) is 10.2. The fourth-order valence-corrected chi connectivity index (χ4v) is 4.72. The van der Waals surface area contributed by atoms with E-state index in [1.807, 2.05) is 27.7 Å². The zero-order valence-electron chi connectivity index (χ0n) is 18.2. The Morgan fingerprint density at radius 3 is 1.00 bits per heavy atom. The number of hydrogen-bond acceptors (Lipinski definition) is 6. The van der Waals surface area contributed by atoms with Crippen molar-refractivity contribution in [1.82, 2.24) is 10.2 Å². The van der Waals surface area contributed by atoms with Crippen molar-refractivity contribution in [1.29, 1.82) is 0 Å². The summed E-state index contributed by atoms with van der Waals surface area (Å²) in [5, 5.41) is 5.67. The van der Waals surface area contributed by atoms with Crippen LogP contribution in [-0.2, 0) is 27.2 Å². The van der Waals surface area contributed by atoms with Gasteiger partial charge in [-0.3, -0.25) is 18.1 Å². The minimum absolute atomic E-state index is 0.258. The summed E-state index contributed by atoms with van der Waals surface area (Å²) in [5.74, 6) is 0. The van der Waals surface area contributed by atoms with Gasteiger partial charge in [-0.2, -0.15) is 0 Å². The van der Waals surface area contributed by atoms with E-state index < -0.39 is 15.5 Å². The summed E-state index contributed by atoms with van der Waals surface area (Å²) in [4.78, 5) is 0. The van der Waals surface area contributed by atoms with Gasteiger partial charge in [-0.25, -0.2) is 19.3 Å². The molecule has 0 amide bonds. The lowest BCUT2D eigenvalue weighted by Gasteiger charge is -2.21. The zero-order valence-corrected chi connectivity index (χ0v) is 20.0. The molecule has 0 fully saturated rings. The second-order valence-corrected chi connectivity index (χ2v) is 10.2. The Bertz CT molecular complexity index is 386. The first-order chi connectivity index (χ1) is 13.4. The van der Waals surface area contributed by atoms with Crippen LogP contribution >= 0.6 is 15.5 Å². The molecule has 0 aromatic rings. The highest BCUT2D eigenvalue weighted by atomic mass is 31.2. The molecule has 0 aromatic carbocycles. The molecule has 0 aromatic heterocycles. The molecule has 170 valence electrons. The summed E-state index contributed by atoms with van der Waals surface area (Å²) in [5.41, 5.74) is 0. The van der Waals surface area contributed by atoms with Gasteiger partial charge in [0.15, 0.2) is 0 Å². The number of unbranched alkanes of at least 4 members (excludes halogenated alkanes) is 4. The topological polar surface area (TPSA) is 95.1 Å². The third-order valence-electron chi connectivity index (χ3n) is 3.77. The molecular weight excluding hydrogens is 402 g/mol. The molecule has 0 saturated carbocycles. The van der Waals surface area contributed by atoms with E-state index in [2.05, 4.69) is 10.2 Å². The Hall–Kier alpha value is 0.220. The van der Waals surface area contributed by atoms with Gasteiger partial charge in [0, 0.05) is 13.1 Å². The van der Waals surface area contributed by atoms with Crippen molar-refractivity contribution < 1.29 is 27.2 Å². The monoisotopic (exact) mass is 444 g/mol. The van der Waals surface area contributed by atoms with Crippen LogP contribution in [0.5, 0.6) is 0 Å². The molecule has 0 aliphatic heterocycles. The van der Waals surface area contributed by atoms with Crippen LogP contribution in [0.3, 0.4) is 0 Å². The number of rotatable bonds is 21. The van der Waals surface area contributed by atoms with Gasteiger partial charge >= 0.3 is 15.5 Å². The third kappa shape index (κ3) is 15.1. The smallest absolute Gasteiger partial charge is 0.297 e. The molecule has 28 heavy (non-hydrogen) atoms. The summed E-state index contributed by atoms with van der Waals surface area (Å²) >= 11 is 0. The van der Waals surface area contributed by atoms with Gasteiger partial charge in [-0.15, -0.1) is 0 Å². The first-order valence-corrected chi connectivity index (χ1v) is 13.8. The van der Waals surface area contributed by atoms with Crippen molar-refractivity contribution in [2.45, 2.75) is 79.1 Å². The molecule has 0 rings (SSSR count). The first-order valence-electron chi connectivity index (χ1n) is 10.7. The Labute approximate surface area is 172 Å². The van der Waals surface area contributed by atoms with Crippen molar-refractivity contribution in [3.05, 3.63) is 0 Å². The summed E-state index contributed by atoms with van der Waals surface area (Å²) in [7, 11) is -6.75. The van der Waals surface area contributed by atoms with Crippen molar-refractivity contribution in [2.24, 2.45) is 0 Å². The van der Waals surface area contributed by atoms with Crippen molar-refractivity contribution in [2.75, 3.05) is 39.5 Å². The van der Waals surface area contributed by atoms with Gasteiger partial charge in [0.2, 0.25) is 0 Å². The van der Waals surface area contributed by atoms with Gasteiger partial charge in [0.25, 0.3) is 0 Å². The van der Waals surface area contributed by atoms with Gasteiger partial charge in [0.05, 0.1) is 26.4 Å². The molecule has 0 saturated heterocycles. The van der Waals surface area contributed by atoms with Crippen LogP contribution in [0.4, 0.5) is 0 Å². The van der Waals surface area contributed by atoms with E-state index in [1.54, 1.807) is 0 Å². The van der Waals surface area contributed by atoms with E-state index in [-0.39, 0.29) is 13.1 Å². The molecule has 2 N–H and O–H groups in total. The highest BCUT2D eigenvalue weighted by molar-refractivity contribution is 7.52. The summed E-state index contributed by atoms with van der Waals surface area (Å²) < 4.78 is 47.5. The molecule has 0 spiro atoms. The fraction of sp³-hybridized carbons (Fsp3) is 1.00. The molecule has 0 atom stereocenters. The highest BCUT2D eigenvalue weighted by Crippen LogP contribution is 2.45. The van der Waals surface area contributed by atoms with Crippen LogP contribution in [0, 0.1) is 0 Å². The quantitative estimate of drug-likeness (QED) is 0.173. The van der Waals surface area contributed by atoms with Gasteiger partial charge in [-0.05, 0) is 25.7 Å². The van der Waals surface area contributed by atoms with E-state index in [4.69, 9.17) is 18.1 Å². The molecule has 8 nitrogen and oxygen atoms in total. The maximum Gasteiger partial charge on any atom is 0.405 e. The van der Waals surface area contributed by atoms with E-state index >= 15 is 0 Å². The van der Waals surface area contributed by atoms with Crippen molar-refractivity contribution in [3.8, 4) is 0 Å². The molecule has 0 unspecified atom stereocenters. The lowest BCUT2D eigenvalue weighted by atomic mass is 10.4. The SMILES string of the molecule is CCCCOP(=O)(NCCNP(=O)(OCCCC)OCCCC)OCCCC. The minimum Gasteiger partial charge on any atom is -0.297 e. The molecule has 0 aliphatic rings. The van der Waals surface area contributed by atoms with E-state index in [0.717, 1.165) is 51.4 Å². The van der Waals surface area contributed by atoms with E-state index in [0.29, 0.717) is 26.4 Å². The largest absolute Gasteiger partial charge is 0.405 e. The van der Waals surface area contributed by atoms with Gasteiger partial charge in [-0.1, -0.05) is 53.4 Å².